The van der Waals surface area contributed by atoms with Crippen LogP contribution in [0.5, 0.6) is 0 Å². The molecule has 2 unspecified atom stereocenters. The van der Waals surface area contributed by atoms with Crippen LogP contribution in [0.3, 0.4) is 0 Å². The third kappa shape index (κ3) is 4.32. The molecular formula is C11H23N5O2. The number of methoxy groups -OCH3 is 1. The second kappa shape index (κ2) is 8.12. The number of hydrogen-bond donors (Lipinski definition) is 1. The highest BCUT2D eigenvalue weighted by molar-refractivity contribution is 4.91. The molecule has 104 valence electrons. The molecular weight excluding hydrogens is 234 g/mol. The highest BCUT2D eigenvalue weighted by Gasteiger charge is 2.17. The smallest absolute Gasteiger partial charge is 0.168 e. The van der Waals surface area contributed by atoms with Crippen LogP contribution in [-0.2, 0) is 9.47 Å². The number of hydrogen-bond acceptors (Lipinski definition) is 6. The lowest BCUT2D eigenvalue weighted by atomic mass is 10.3. The van der Waals surface area contributed by atoms with Gasteiger partial charge in [0.25, 0.3) is 0 Å². The molecule has 0 aliphatic rings. The predicted molar refractivity (Wildman–Crippen MR) is 67.3 cm³/mol. The molecule has 0 bridgehead atoms. The molecule has 0 saturated carbocycles. The number of nitrogens with one attached hydrogen (secondary N) is 1. The van der Waals surface area contributed by atoms with E-state index in [0.29, 0.717) is 19.8 Å². The number of aromatic nitrogens is 4. The van der Waals surface area contributed by atoms with Gasteiger partial charge in [-0.2, -0.15) is 0 Å². The molecule has 1 aromatic rings. The maximum Gasteiger partial charge on any atom is 0.168 e. The Bertz CT molecular complexity index is 331. The molecule has 18 heavy (non-hydrogen) atoms. The van der Waals surface area contributed by atoms with Gasteiger partial charge in [0.1, 0.15) is 0 Å². The molecule has 0 amide bonds. The van der Waals surface area contributed by atoms with Gasteiger partial charge in [-0.05, 0) is 31.2 Å². The summed E-state index contributed by atoms with van der Waals surface area (Å²) in [6.07, 6.45) is 0. The van der Waals surface area contributed by atoms with E-state index in [9.17, 15) is 0 Å². The van der Waals surface area contributed by atoms with E-state index in [1.165, 1.54) is 0 Å². The molecule has 1 rings (SSSR count). The van der Waals surface area contributed by atoms with Crippen molar-refractivity contribution < 1.29 is 9.47 Å². The van der Waals surface area contributed by atoms with E-state index in [1.807, 2.05) is 20.8 Å². The fraction of sp³-hybridized carbons (Fsp3) is 0.909. The maximum absolute atomic E-state index is 5.40. The lowest BCUT2D eigenvalue weighted by Gasteiger charge is -2.17. The summed E-state index contributed by atoms with van der Waals surface area (Å²) in [5.74, 6) is 0.818. The van der Waals surface area contributed by atoms with Crippen LogP contribution < -0.4 is 5.32 Å². The lowest BCUT2D eigenvalue weighted by molar-refractivity contribution is 0.112. The molecule has 0 radical (unpaired) electrons. The van der Waals surface area contributed by atoms with Crippen LogP contribution in [0.1, 0.15) is 38.7 Å². The van der Waals surface area contributed by atoms with Gasteiger partial charge in [0.05, 0.1) is 25.3 Å². The minimum Gasteiger partial charge on any atom is -0.383 e. The first-order chi connectivity index (χ1) is 8.70. The zero-order valence-electron chi connectivity index (χ0n) is 11.6. The van der Waals surface area contributed by atoms with Gasteiger partial charge in [-0.1, -0.05) is 0 Å². The van der Waals surface area contributed by atoms with E-state index in [4.69, 9.17) is 9.47 Å². The number of rotatable bonds is 9. The fourth-order valence-electron chi connectivity index (χ4n) is 1.63. The van der Waals surface area contributed by atoms with Crippen LogP contribution in [-0.4, -0.2) is 53.7 Å². The standard InChI is InChI=1S/C11H23N5O2/c1-5-18-8-9(2)16-11(13-14-15-16)10(3)12-6-7-17-4/h9-10,12H,5-8H2,1-4H3. The van der Waals surface area contributed by atoms with E-state index in [1.54, 1.807) is 11.8 Å². The molecule has 7 nitrogen and oxygen atoms in total. The molecule has 0 fully saturated rings. The van der Waals surface area contributed by atoms with Crippen LogP contribution in [0, 0.1) is 0 Å². The summed E-state index contributed by atoms with van der Waals surface area (Å²) >= 11 is 0. The number of tetrazole rings is 1. The second-order valence-corrected chi connectivity index (χ2v) is 4.16. The summed E-state index contributed by atoms with van der Waals surface area (Å²) in [6, 6.07) is 0.209. The van der Waals surface area contributed by atoms with Crippen molar-refractivity contribution in [3.63, 3.8) is 0 Å². The van der Waals surface area contributed by atoms with Gasteiger partial charge < -0.3 is 14.8 Å². The fourth-order valence-corrected chi connectivity index (χ4v) is 1.63. The predicted octanol–water partition coefficient (Wildman–Crippen LogP) is 0.568. The Morgan fingerprint density at radius 2 is 2.17 bits per heavy atom. The van der Waals surface area contributed by atoms with E-state index < -0.39 is 0 Å². The SMILES string of the molecule is CCOCC(C)n1nnnc1C(C)NCCOC. The Balaban J connectivity index is 2.57. The van der Waals surface area contributed by atoms with Crippen molar-refractivity contribution in [2.24, 2.45) is 0 Å². The molecule has 0 spiro atoms. The highest BCUT2D eigenvalue weighted by atomic mass is 16.5. The van der Waals surface area contributed by atoms with Gasteiger partial charge in [-0.25, -0.2) is 4.68 Å². The van der Waals surface area contributed by atoms with Gasteiger partial charge in [-0.15, -0.1) is 5.10 Å². The highest BCUT2D eigenvalue weighted by Crippen LogP contribution is 2.13. The van der Waals surface area contributed by atoms with E-state index in [0.717, 1.165) is 12.4 Å². The zero-order chi connectivity index (χ0) is 13.4. The first-order valence-corrected chi connectivity index (χ1v) is 6.28. The maximum atomic E-state index is 5.40. The van der Waals surface area contributed by atoms with Crippen LogP contribution in [0.15, 0.2) is 0 Å². The molecule has 0 aliphatic heterocycles. The van der Waals surface area contributed by atoms with Gasteiger partial charge >= 0.3 is 0 Å². The average Bonchev–Trinajstić information content (AvgIpc) is 2.85. The Kier molecular flexibility index (Phi) is 6.77. The molecule has 0 aliphatic carbocycles. The van der Waals surface area contributed by atoms with Crippen LogP contribution in [0.2, 0.25) is 0 Å². The van der Waals surface area contributed by atoms with Gasteiger partial charge in [0.2, 0.25) is 0 Å². The van der Waals surface area contributed by atoms with E-state index in [-0.39, 0.29) is 12.1 Å². The Labute approximate surface area is 108 Å². The first-order valence-electron chi connectivity index (χ1n) is 6.28. The quantitative estimate of drug-likeness (QED) is 0.652. The number of ether oxygens (including phenoxy) is 2. The Hall–Kier alpha value is -1.05. The van der Waals surface area contributed by atoms with Gasteiger partial charge in [-0.3, -0.25) is 0 Å². The largest absolute Gasteiger partial charge is 0.383 e. The summed E-state index contributed by atoms with van der Waals surface area (Å²) in [5, 5.41) is 15.1. The summed E-state index contributed by atoms with van der Waals surface area (Å²) < 4.78 is 12.2. The van der Waals surface area contributed by atoms with E-state index >= 15 is 0 Å². The minimum absolute atomic E-state index is 0.0826. The molecule has 1 N–H and O–H groups in total. The Morgan fingerprint density at radius 3 is 2.83 bits per heavy atom. The summed E-state index contributed by atoms with van der Waals surface area (Å²) in [5.41, 5.74) is 0. The van der Waals surface area contributed by atoms with Crippen LogP contribution in [0.25, 0.3) is 0 Å². The molecule has 1 heterocycles. The second-order valence-electron chi connectivity index (χ2n) is 4.16. The lowest BCUT2D eigenvalue weighted by Crippen LogP contribution is -2.27. The van der Waals surface area contributed by atoms with Crippen molar-refractivity contribution in [2.75, 3.05) is 33.5 Å². The third-order valence-corrected chi connectivity index (χ3v) is 2.64. The molecule has 7 heteroatoms. The first kappa shape index (κ1) is 15.0. The van der Waals surface area contributed by atoms with Gasteiger partial charge in [0.15, 0.2) is 5.82 Å². The zero-order valence-corrected chi connectivity index (χ0v) is 11.6. The van der Waals surface area contributed by atoms with Crippen LogP contribution in [0.4, 0.5) is 0 Å². The monoisotopic (exact) mass is 257 g/mol. The topological polar surface area (TPSA) is 74.1 Å². The summed E-state index contributed by atoms with van der Waals surface area (Å²) in [7, 11) is 1.68. The minimum atomic E-state index is 0.0826. The normalized spacial score (nSPS) is 14.7. The van der Waals surface area contributed by atoms with Crippen molar-refractivity contribution in [3.8, 4) is 0 Å². The summed E-state index contributed by atoms with van der Waals surface area (Å²) in [4.78, 5) is 0. The molecule has 2 atom stereocenters. The molecule has 0 saturated heterocycles. The van der Waals surface area contributed by atoms with E-state index in [2.05, 4.69) is 20.8 Å². The average molecular weight is 257 g/mol. The van der Waals surface area contributed by atoms with Crippen molar-refractivity contribution in [3.05, 3.63) is 5.82 Å². The third-order valence-electron chi connectivity index (χ3n) is 2.64. The molecule has 0 aromatic carbocycles. The number of nitrogens with zero attached hydrogens (tertiary/aromatic N) is 4. The van der Waals surface area contributed by atoms with Crippen molar-refractivity contribution in [1.82, 2.24) is 25.5 Å². The van der Waals surface area contributed by atoms with Crippen molar-refractivity contribution in [1.29, 1.82) is 0 Å². The molecule has 1 aromatic heterocycles. The Morgan fingerprint density at radius 1 is 1.39 bits per heavy atom. The summed E-state index contributed by atoms with van der Waals surface area (Å²) in [6.45, 7) is 8.79. The van der Waals surface area contributed by atoms with Gasteiger partial charge in [0, 0.05) is 20.3 Å². The van der Waals surface area contributed by atoms with Crippen molar-refractivity contribution >= 4 is 0 Å². The van der Waals surface area contributed by atoms with Crippen molar-refractivity contribution in [2.45, 2.75) is 32.9 Å². The van der Waals surface area contributed by atoms with Crippen LogP contribution >= 0.6 is 0 Å².